The highest BCUT2D eigenvalue weighted by molar-refractivity contribution is 5.82. The number of likely N-dealkylation sites (tertiary alicyclic amines) is 1. The smallest absolute Gasteiger partial charge is 0.267 e. The lowest BCUT2D eigenvalue weighted by Gasteiger charge is -2.28. The number of amides is 1. The SMILES string of the molecule is Cc1noc([C@@H]2CN(C(=O)[C@@H]3COc4ccccc4O3)C[C@H]2c2ccccc2)n1. The zero-order valence-electron chi connectivity index (χ0n) is 16.0. The number of aromatic nitrogens is 2. The monoisotopic (exact) mass is 391 g/mol. The number of carbonyl (C=O) groups excluding carboxylic acids is 1. The van der Waals surface area contributed by atoms with Crippen molar-refractivity contribution in [1.82, 2.24) is 15.0 Å². The van der Waals surface area contributed by atoms with Crippen molar-refractivity contribution >= 4 is 5.91 Å². The molecule has 0 unspecified atom stereocenters. The van der Waals surface area contributed by atoms with Crippen LogP contribution in [0.2, 0.25) is 0 Å². The van der Waals surface area contributed by atoms with E-state index in [1.165, 1.54) is 0 Å². The first-order valence-corrected chi connectivity index (χ1v) is 9.71. The lowest BCUT2D eigenvalue weighted by Crippen LogP contribution is -2.45. The van der Waals surface area contributed by atoms with E-state index in [1.54, 1.807) is 6.92 Å². The highest BCUT2D eigenvalue weighted by atomic mass is 16.6. The summed E-state index contributed by atoms with van der Waals surface area (Å²) in [5.74, 6) is 2.37. The van der Waals surface area contributed by atoms with Gasteiger partial charge in [0.2, 0.25) is 12.0 Å². The maximum absolute atomic E-state index is 13.2. The molecule has 1 aromatic heterocycles. The summed E-state index contributed by atoms with van der Waals surface area (Å²) in [6.45, 7) is 3.07. The first-order chi connectivity index (χ1) is 14.2. The summed E-state index contributed by atoms with van der Waals surface area (Å²) in [5.41, 5.74) is 1.15. The molecule has 1 fully saturated rings. The Bertz CT molecular complexity index is 1020. The van der Waals surface area contributed by atoms with Crippen LogP contribution in [0.5, 0.6) is 11.5 Å². The molecular formula is C22H21N3O4. The van der Waals surface area contributed by atoms with Gasteiger partial charge < -0.3 is 18.9 Å². The van der Waals surface area contributed by atoms with E-state index in [2.05, 4.69) is 22.3 Å². The van der Waals surface area contributed by atoms with Crippen molar-refractivity contribution in [2.45, 2.75) is 24.9 Å². The Hall–Kier alpha value is -3.35. The summed E-state index contributed by atoms with van der Waals surface area (Å²) in [5, 5.41) is 3.94. The van der Waals surface area contributed by atoms with Crippen LogP contribution in [0.3, 0.4) is 0 Å². The third-order valence-corrected chi connectivity index (χ3v) is 5.50. The Morgan fingerprint density at radius 1 is 1.00 bits per heavy atom. The number of fused-ring (bicyclic) bond motifs is 1. The molecule has 3 aromatic rings. The number of rotatable bonds is 3. The number of para-hydroxylation sites is 2. The molecule has 7 nitrogen and oxygen atoms in total. The molecule has 2 aliphatic rings. The van der Waals surface area contributed by atoms with Gasteiger partial charge in [0.1, 0.15) is 6.61 Å². The first-order valence-electron chi connectivity index (χ1n) is 9.71. The van der Waals surface area contributed by atoms with E-state index in [-0.39, 0.29) is 24.3 Å². The second kappa shape index (κ2) is 7.24. The molecule has 7 heteroatoms. The molecule has 0 spiro atoms. The van der Waals surface area contributed by atoms with Crippen molar-refractivity contribution < 1.29 is 18.8 Å². The van der Waals surface area contributed by atoms with Crippen LogP contribution in [0, 0.1) is 6.92 Å². The lowest BCUT2D eigenvalue weighted by atomic mass is 9.89. The Morgan fingerprint density at radius 2 is 1.72 bits per heavy atom. The summed E-state index contributed by atoms with van der Waals surface area (Å²) >= 11 is 0. The Kier molecular flexibility index (Phi) is 4.42. The minimum absolute atomic E-state index is 0.0562. The minimum atomic E-state index is -0.663. The molecule has 3 heterocycles. The van der Waals surface area contributed by atoms with Gasteiger partial charge in [-0.05, 0) is 24.6 Å². The summed E-state index contributed by atoms with van der Waals surface area (Å²) < 4.78 is 17.1. The highest BCUT2D eigenvalue weighted by Crippen LogP contribution is 2.40. The fraction of sp³-hybridized carbons (Fsp3) is 0.318. The lowest BCUT2D eigenvalue weighted by molar-refractivity contribution is -0.140. The Labute approximate surface area is 168 Å². The predicted octanol–water partition coefficient (Wildman–Crippen LogP) is 2.93. The topological polar surface area (TPSA) is 77.7 Å². The van der Waals surface area contributed by atoms with Gasteiger partial charge in [0.05, 0.1) is 5.92 Å². The molecule has 1 amide bonds. The van der Waals surface area contributed by atoms with E-state index in [0.717, 1.165) is 5.56 Å². The average Bonchev–Trinajstić information content (AvgIpc) is 3.40. The van der Waals surface area contributed by atoms with Crippen molar-refractivity contribution in [3.8, 4) is 11.5 Å². The van der Waals surface area contributed by atoms with Crippen LogP contribution in [0.1, 0.15) is 29.1 Å². The van der Waals surface area contributed by atoms with Gasteiger partial charge >= 0.3 is 0 Å². The zero-order valence-corrected chi connectivity index (χ0v) is 16.0. The molecule has 148 valence electrons. The summed E-state index contributed by atoms with van der Waals surface area (Å²) in [7, 11) is 0. The Balaban J connectivity index is 1.39. The summed E-state index contributed by atoms with van der Waals surface area (Å²) in [6.07, 6.45) is -0.663. The third kappa shape index (κ3) is 3.33. The van der Waals surface area contributed by atoms with Crippen LogP contribution >= 0.6 is 0 Å². The minimum Gasteiger partial charge on any atom is -0.485 e. The number of hydrogen-bond donors (Lipinski definition) is 0. The van der Waals surface area contributed by atoms with E-state index < -0.39 is 6.10 Å². The number of hydrogen-bond acceptors (Lipinski definition) is 6. The second-order valence-electron chi connectivity index (χ2n) is 7.41. The van der Waals surface area contributed by atoms with Gasteiger partial charge in [0, 0.05) is 19.0 Å². The van der Waals surface area contributed by atoms with Crippen molar-refractivity contribution in [3.05, 3.63) is 71.9 Å². The molecule has 1 saturated heterocycles. The van der Waals surface area contributed by atoms with Gasteiger partial charge in [0.15, 0.2) is 17.3 Å². The molecule has 0 bridgehead atoms. The van der Waals surface area contributed by atoms with E-state index in [0.29, 0.717) is 36.3 Å². The van der Waals surface area contributed by atoms with Crippen molar-refractivity contribution in [2.75, 3.05) is 19.7 Å². The van der Waals surface area contributed by atoms with Gasteiger partial charge in [-0.2, -0.15) is 4.98 Å². The largest absolute Gasteiger partial charge is 0.485 e. The molecular weight excluding hydrogens is 370 g/mol. The molecule has 0 aliphatic carbocycles. The normalized spacial score (nSPS) is 23.2. The van der Waals surface area contributed by atoms with E-state index in [1.807, 2.05) is 47.4 Å². The number of benzene rings is 2. The summed E-state index contributed by atoms with van der Waals surface area (Å²) in [4.78, 5) is 19.5. The van der Waals surface area contributed by atoms with Gasteiger partial charge in [-0.1, -0.05) is 47.6 Å². The predicted molar refractivity (Wildman–Crippen MR) is 104 cm³/mol. The Morgan fingerprint density at radius 3 is 2.48 bits per heavy atom. The van der Waals surface area contributed by atoms with Crippen LogP contribution in [0.15, 0.2) is 59.1 Å². The van der Waals surface area contributed by atoms with E-state index >= 15 is 0 Å². The first kappa shape index (κ1) is 17.7. The van der Waals surface area contributed by atoms with Gasteiger partial charge in [-0.15, -0.1) is 0 Å². The molecule has 0 saturated carbocycles. The molecule has 0 radical (unpaired) electrons. The van der Waals surface area contributed by atoms with Crippen LogP contribution in [-0.4, -0.2) is 46.7 Å². The van der Waals surface area contributed by atoms with Crippen molar-refractivity contribution in [1.29, 1.82) is 0 Å². The van der Waals surface area contributed by atoms with Crippen LogP contribution < -0.4 is 9.47 Å². The number of nitrogens with zero attached hydrogens (tertiary/aromatic N) is 3. The molecule has 0 N–H and O–H groups in total. The van der Waals surface area contributed by atoms with Gasteiger partial charge in [-0.25, -0.2) is 0 Å². The number of aryl methyl sites for hydroxylation is 1. The maximum Gasteiger partial charge on any atom is 0.267 e. The van der Waals surface area contributed by atoms with Gasteiger partial charge in [-0.3, -0.25) is 4.79 Å². The highest BCUT2D eigenvalue weighted by Gasteiger charge is 2.43. The van der Waals surface area contributed by atoms with E-state index in [4.69, 9.17) is 14.0 Å². The van der Waals surface area contributed by atoms with Crippen molar-refractivity contribution in [3.63, 3.8) is 0 Å². The number of carbonyl (C=O) groups is 1. The van der Waals surface area contributed by atoms with Crippen molar-refractivity contribution in [2.24, 2.45) is 0 Å². The zero-order chi connectivity index (χ0) is 19.8. The van der Waals surface area contributed by atoms with E-state index in [9.17, 15) is 4.79 Å². The van der Waals surface area contributed by atoms with Crippen LogP contribution in [0.4, 0.5) is 0 Å². The fourth-order valence-electron chi connectivity index (χ4n) is 4.08. The third-order valence-electron chi connectivity index (χ3n) is 5.50. The summed E-state index contributed by atoms with van der Waals surface area (Å²) in [6, 6.07) is 17.5. The average molecular weight is 391 g/mol. The van der Waals surface area contributed by atoms with Gasteiger partial charge in [0.25, 0.3) is 5.91 Å². The standard InChI is InChI=1S/C22H21N3O4/c1-14-23-21(29-24-14)17-12-25(11-16(17)15-7-3-2-4-8-15)22(26)20-13-27-18-9-5-6-10-19(18)28-20/h2-10,16-17,20H,11-13H2,1H3/t16-,17+,20-/m0/s1. The molecule has 29 heavy (non-hydrogen) atoms. The fourth-order valence-corrected chi connectivity index (χ4v) is 4.08. The molecule has 5 rings (SSSR count). The molecule has 2 aliphatic heterocycles. The van der Waals surface area contributed by atoms with Crippen LogP contribution in [0.25, 0.3) is 0 Å². The molecule has 3 atom stereocenters. The number of ether oxygens (including phenoxy) is 2. The van der Waals surface area contributed by atoms with Crippen LogP contribution in [-0.2, 0) is 4.79 Å². The molecule has 2 aromatic carbocycles. The maximum atomic E-state index is 13.2. The quantitative estimate of drug-likeness (QED) is 0.683. The second-order valence-corrected chi connectivity index (χ2v) is 7.41.